The number of nitrogens with one attached hydrogen (secondary N) is 2. The molecule has 0 spiro atoms. The Kier molecular flexibility index (Phi) is 4.19. The predicted octanol–water partition coefficient (Wildman–Crippen LogP) is 0.780. The summed E-state index contributed by atoms with van der Waals surface area (Å²) >= 11 is 0. The first-order valence-electron chi connectivity index (χ1n) is 6.15. The van der Waals surface area contributed by atoms with Gasteiger partial charge in [-0.25, -0.2) is 4.98 Å². The molecule has 2 aromatic heterocycles. The van der Waals surface area contributed by atoms with Crippen molar-refractivity contribution >= 4 is 11.8 Å². The molecule has 2 aromatic rings. The maximum atomic E-state index is 12.1. The Balaban J connectivity index is 1.89. The monoisotopic (exact) mass is 276 g/mol. The van der Waals surface area contributed by atoms with E-state index in [0.717, 1.165) is 0 Å². The summed E-state index contributed by atoms with van der Waals surface area (Å²) in [6.07, 6.45) is 4.72. The summed E-state index contributed by atoms with van der Waals surface area (Å²) in [6, 6.07) is 2.51. The second kappa shape index (κ2) is 6.05. The summed E-state index contributed by atoms with van der Waals surface area (Å²) in [6.45, 7) is 1.98. The molecule has 1 unspecified atom stereocenters. The van der Waals surface area contributed by atoms with E-state index in [1.165, 1.54) is 11.2 Å². The van der Waals surface area contributed by atoms with Crippen LogP contribution >= 0.6 is 0 Å². The molecular formula is C13H16N4O3. The Labute approximate surface area is 116 Å². The van der Waals surface area contributed by atoms with Crippen LogP contribution in [-0.2, 0) is 11.3 Å². The van der Waals surface area contributed by atoms with E-state index >= 15 is 0 Å². The lowest BCUT2D eigenvalue weighted by molar-refractivity contribution is -0.132. The van der Waals surface area contributed by atoms with Crippen LogP contribution in [0.1, 0.15) is 23.3 Å². The predicted molar refractivity (Wildman–Crippen MR) is 70.7 cm³/mol. The van der Waals surface area contributed by atoms with Crippen LogP contribution in [0, 0.1) is 0 Å². The van der Waals surface area contributed by atoms with E-state index in [-0.39, 0.29) is 11.7 Å². The maximum absolute atomic E-state index is 12.1. The van der Waals surface area contributed by atoms with E-state index in [4.69, 9.17) is 4.42 Å². The normalized spacial score (nSPS) is 11.9. The van der Waals surface area contributed by atoms with Crippen molar-refractivity contribution in [3.05, 3.63) is 42.4 Å². The molecule has 2 rings (SSSR count). The summed E-state index contributed by atoms with van der Waals surface area (Å²) < 4.78 is 4.97. The minimum atomic E-state index is -0.646. The molecule has 106 valence electrons. The number of H-pyrrole nitrogens is 1. The number of likely N-dealkylation sites (N-methyl/N-ethyl adjacent to an activating group) is 1. The summed E-state index contributed by atoms with van der Waals surface area (Å²) in [5, 5.41) is 2.59. The summed E-state index contributed by atoms with van der Waals surface area (Å²) in [7, 11) is 1.65. The molecule has 1 atom stereocenters. The minimum absolute atomic E-state index is 0.179. The number of aromatic amines is 1. The van der Waals surface area contributed by atoms with Crippen LogP contribution < -0.4 is 5.32 Å². The summed E-state index contributed by atoms with van der Waals surface area (Å²) in [4.78, 5) is 32.3. The third kappa shape index (κ3) is 3.25. The molecular weight excluding hydrogens is 260 g/mol. The highest BCUT2D eigenvalue weighted by molar-refractivity contribution is 5.95. The second-order valence-electron chi connectivity index (χ2n) is 4.40. The Hall–Kier alpha value is -2.57. The van der Waals surface area contributed by atoms with Crippen molar-refractivity contribution < 1.29 is 14.0 Å². The molecule has 0 saturated heterocycles. The molecule has 0 aliphatic rings. The van der Waals surface area contributed by atoms with Crippen molar-refractivity contribution in [3.63, 3.8) is 0 Å². The highest BCUT2D eigenvalue weighted by Gasteiger charge is 2.21. The van der Waals surface area contributed by atoms with Crippen molar-refractivity contribution in [1.29, 1.82) is 0 Å². The quantitative estimate of drug-likeness (QED) is 0.844. The fraction of sp³-hybridized carbons (Fsp3) is 0.308. The van der Waals surface area contributed by atoms with Gasteiger partial charge in [0.05, 0.1) is 12.8 Å². The number of hydrogen-bond donors (Lipinski definition) is 2. The zero-order valence-electron chi connectivity index (χ0n) is 11.3. The van der Waals surface area contributed by atoms with Gasteiger partial charge in [-0.15, -0.1) is 0 Å². The van der Waals surface area contributed by atoms with Gasteiger partial charge in [0.25, 0.3) is 5.91 Å². The summed E-state index contributed by atoms with van der Waals surface area (Å²) in [5.74, 6) is 0.243. The van der Waals surface area contributed by atoms with Gasteiger partial charge in [0, 0.05) is 19.4 Å². The van der Waals surface area contributed by atoms with Crippen LogP contribution in [0.5, 0.6) is 0 Å². The van der Waals surface area contributed by atoms with E-state index in [2.05, 4.69) is 15.3 Å². The first-order valence-corrected chi connectivity index (χ1v) is 6.15. The highest BCUT2D eigenvalue weighted by Crippen LogP contribution is 2.02. The zero-order chi connectivity index (χ0) is 14.5. The third-order valence-corrected chi connectivity index (χ3v) is 2.78. The Morgan fingerprint density at radius 1 is 1.55 bits per heavy atom. The van der Waals surface area contributed by atoms with Crippen molar-refractivity contribution in [2.24, 2.45) is 0 Å². The van der Waals surface area contributed by atoms with Crippen LogP contribution in [0.25, 0.3) is 0 Å². The maximum Gasteiger partial charge on any atom is 0.287 e. The molecule has 0 aromatic carbocycles. The van der Waals surface area contributed by atoms with Crippen molar-refractivity contribution in [3.8, 4) is 0 Å². The topological polar surface area (TPSA) is 91.2 Å². The lowest BCUT2D eigenvalue weighted by Crippen LogP contribution is -2.45. The van der Waals surface area contributed by atoms with Gasteiger partial charge in [0.2, 0.25) is 5.91 Å². The van der Waals surface area contributed by atoms with E-state index in [1.807, 2.05) is 0 Å². The van der Waals surface area contributed by atoms with E-state index in [9.17, 15) is 9.59 Å². The Morgan fingerprint density at radius 3 is 2.95 bits per heavy atom. The summed E-state index contributed by atoms with van der Waals surface area (Å²) in [5.41, 5.74) is 0. The van der Waals surface area contributed by atoms with Gasteiger partial charge in [-0.1, -0.05) is 0 Å². The number of rotatable bonds is 5. The molecule has 2 heterocycles. The van der Waals surface area contributed by atoms with E-state index in [0.29, 0.717) is 12.4 Å². The van der Waals surface area contributed by atoms with Gasteiger partial charge in [-0.2, -0.15) is 0 Å². The molecule has 0 bridgehead atoms. The number of aromatic nitrogens is 2. The Morgan fingerprint density at radius 2 is 2.35 bits per heavy atom. The van der Waals surface area contributed by atoms with Crippen LogP contribution in [0.2, 0.25) is 0 Å². The van der Waals surface area contributed by atoms with Crippen molar-refractivity contribution in [2.45, 2.75) is 19.5 Å². The number of nitrogens with zero attached hydrogens (tertiary/aromatic N) is 2. The number of carbonyl (C=O) groups is 2. The molecule has 0 fully saturated rings. The smallest absolute Gasteiger partial charge is 0.287 e. The molecule has 20 heavy (non-hydrogen) atoms. The average molecular weight is 276 g/mol. The first kappa shape index (κ1) is 13.9. The first-order chi connectivity index (χ1) is 9.58. The van der Waals surface area contributed by atoms with Crippen LogP contribution in [0.3, 0.4) is 0 Å². The zero-order valence-corrected chi connectivity index (χ0v) is 11.3. The average Bonchev–Trinajstić information content (AvgIpc) is 3.10. The molecule has 0 aliphatic carbocycles. The largest absolute Gasteiger partial charge is 0.459 e. The molecule has 2 N–H and O–H groups in total. The van der Waals surface area contributed by atoms with Crippen LogP contribution in [-0.4, -0.2) is 39.8 Å². The molecule has 0 aliphatic heterocycles. The second-order valence-corrected chi connectivity index (χ2v) is 4.40. The molecule has 7 heteroatoms. The van der Waals surface area contributed by atoms with Gasteiger partial charge >= 0.3 is 0 Å². The molecule has 7 nitrogen and oxygen atoms in total. The van der Waals surface area contributed by atoms with Crippen LogP contribution in [0.4, 0.5) is 0 Å². The van der Waals surface area contributed by atoms with Gasteiger partial charge in [-0.3, -0.25) is 9.59 Å². The van der Waals surface area contributed by atoms with Gasteiger partial charge in [0.15, 0.2) is 5.76 Å². The fourth-order valence-corrected chi connectivity index (χ4v) is 1.75. The number of furan rings is 1. The Bertz CT molecular complexity index is 562. The number of imidazole rings is 1. The fourth-order valence-electron chi connectivity index (χ4n) is 1.75. The number of carbonyl (C=O) groups excluding carboxylic acids is 2. The van der Waals surface area contributed by atoms with Crippen molar-refractivity contribution in [1.82, 2.24) is 20.2 Å². The number of amides is 2. The van der Waals surface area contributed by atoms with E-state index < -0.39 is 11.9 Å². The van der Waals surface area contributed by atoms with Crippen molar-refractivity contribution in [2.75, 3.05) is 7.05 Å². The lowest BCUT2D eigenvalue weighted by Gasteiger charge is -2.20. The number of hydrogen-bond acceptors (Lipinski definition) is 4. The highest BCUT2D eigenvalue weighted by atomic mass is 16.3. The standard InChI is InChI=1S/C13H16N4O3/c1-9(16-12(18)10-4-3-7-20-10)13(19)17(2)8-11-14-5-6-15-11/h3-7,9H,8H2,1-2H3,(H,14,15)(H,16,18). The molecule has 0 radical (unpaired) electrons. The van der Waals surface area contributed by atoms with E-state index in [1.54, 1.807) is 38.5 Å². The SMILES string of the molecule is CC(NC(=O)c1ccco1)C(=O)N(C)Cc1ncc[nH]1. The minimum Gasteiger partial charge on any atom is -0.459 e. The van der Waals surface area contributed by atoms with Gasteiger partial charge in [-0.05, 0) is 19.1 Å². The molecule has 0 saturated carbocycles. The molecule has 2 amide bonds. The van der Waals surface area contributed by atoms with Crippen LogP contribution in [0.15, 0.2) is 35.2 Å². The van der Waals surface area contributed by atoms with Gasteiger partial charge in [0.1, 0.15) is 11.9 Å². The third-order valence-electron chi connectivity index (χ3n) is 2.78. The lowest BCUT2D eigenvalue weighted by atomic mass is 10.2. The van der Waals surface area contributed by atoms with Gasteiger partial charge < -0.3 is 19.6 Å².